The van der Waals surface area contributed by atoms with Gasteiger partial charge in [0.05, 0.1) is 18.7 Å². The van der Waals surface area contributed by atoms with Crippen molar-refractivity contribution in [2.45, 2.75) is 12.3 Å². The maximum atomic E-state index is 12.6. The number of anilines is 1. The average Bonchev–Trinajstić information content (AvgIpc) is 3.29. The van der Waals surface area contributed by atoms with Crippen LogP contribution in [0.1, 0.15) is 18.2 Å². The second kappa shape index (κ2) is 7.21. The number of amides is 1. The standard InChI is InChI=1S/C19H15Cl2N3O3/c1-26-16-7-6-14(21)9-15(16)24-10-12(8-17(24)25)19-22-18(23-27-19)11-2-4-13(20)5-3-11/h2-7,9,12H,8,10H2,1H3. The molecule has 0 spiro atoms. The van der Waals surface area contributed by atoms with Gasteiger partial charge in [-0.25, -0.2) is 0 Å². The first-order valence-corrected chi connectivity index (χ1v) is 9.04. The van der Waals surface area contributed by atoms with Crippen molar-refractivity contribution in [2.24, 2.45) is 0 Å². The minimum atomic E-state index is -0.199. The van der Waals surface area contributed by atoms with Crippen molar-refractivity contribution in [1.29, 1.82) is 0 Å². The molecule has 6 nitrogen and oxygen atoms in total. The molecule has 4 rings (SSSR count). The maximum Gasteiger partial charge on any atom is 0.232 e. The Bertz CT molecular complexity index is 988. The van der Waals surface area contributed by atoms with Crippen LogP contribution in [0, 0.1) is 0 Å². The first-order valence-electron chi connectivity index (χ1n) is 8.28. The van der Waals surface area contributed by atoms with Crippen molar-refractivity contribution in [3.8, 4) is 17.1 Å². The van der Waals surface area contributed by atoms with Crippen molar-refractivity contribution in [2.75, 3.05) is 18.6 Å². The number of hydrogen-bond donors (Lipinski definition) is 0. The Morgan fingerprint density at radius 3 is 2.63 bits per heavy atom. The van der Waals surface area contributed by atoms with Crippen molar-refractivity contribution < 1.29 is 14.1 Å². The fourth-order valence-electron chi connectivity index (χ4n) is 3.10. The van der Waals surface area contributed by atoms with E-state index in [1.54, 1.807) is 42.3 Å². The van der Waals surface area contributed by atoms with Gasteiger partial charge >= 0.3 is 0 Å². The molecule has 1 fully saturated rings. The molecule has 1 aromatic heterocycles. The molecule has 1 atom stereocenters. The lowest BCUT2D eigenvalue weighted by molar-refractivity contribution is -0.117. The lowest BCUT2D eigenvalue weighted by Crippen LogP contribution is -2.24. The lowest BCUT2D eigenvalue weighted by Gasteiger charge is -2.19. The molecule has 0 aliphatic carbocycles. The predicted molar refractivity (Wildman–Crippen MR) is 102 cm³/mol. The van der Waals surface area contributed by atoms with E-state index in [1.165, 1.54) is 0 Å². The number of rotatable bonds is 4. The third-order valence-electron chi connectivity index (χ3n) is 4.45. The van der Waals surface area contributed by atoms with Crippen LogP contribution < -0.4 is 9.64 Å². The van der Waals surface area contributed by atoms with Crippen molar-refractivity contribution in [3.05, 3.63) is 58.4 Å². The van der Waals surface area contributed by atoms with Crippen LogP contribution in [0.3, 0.4) is 0 Å². The van der Waals surface area contributed by atoms with Gasteiger partial charge in [0.25, 0.3) is 0 Å². The summed E-state index contributed by atoms with van der Waals surface area (Å²) in [5.74, 6) is 1.23. The van der Waals surface area contributed by atoms with Crippen LogP contribution in [0.25, 0.3) is 11.4 Å². The van der Waals surface area contributed by atoms with Gasteiger partial charge in [0, 0.05) is 28.6 Å². The molecule has 2 heterocycles. The molecule has 27 heavy (non-hydrogen) atoms. The van der Waals surface area contributed by atoms with Crippen molar-refractivity contribution >= 4 is 34.8 Å². The van der Waals surface area contributed by atoms with E-state index >= 15 is 0 Å². The number of hydrogen-bond acceptors (Lipinski definition) is 5. The quantitative estimate of drug-likeness (QED) is 0.637. The van der Waals surface area contributed by atoms with E-state index < -0.39 is 0 Å². The SMILES string of the molecule is COc1ccc(Cl)cc1N1CC(c2nc(-c3ccc(Cl)cc3)no2)CC1=O. The monoisotopic (exact) mass is 403 g/mol. The molecule has 1 amide bonds. The van der Waals surface area contributed by atoms with Gasteiger partial charge in [-0.1, -0.05) is 28.4 Å². The highest BCUT2D eigenvalue weighted by Crippen LogP contribution is 2.38. The number of ether oxygens (including phenoxy) is 1. The topological polar surface area (TPSA) is 68.5 Å². The van der Waals surface area contributed by atoms with Gasteiger partial charge in [-0.15, -0.1) is 0 Å². The molecule has 138 valence electrons. The first-order chi connectivity index (χ1) is 13.0. The van der Waals surface area contributed by atoms with Gasteiger partial charge in [-0.05, 0) is 42.5 Å². The molecule has 3 aromatic rings. The minimum absolute atomic E-state index is 0.0493. The summed E-state index contributed by atoms with van der Waals surface area (Å²) >= 11 is 12.0. The molecule has 8 heteroatoms. The molecule has 1 aliphatic rings. The number of aromatic nitrogens is 2. The minimum Gasteiger partial charge on any atom is -0.495 e. The number of carbonyl (C=O) groups excluding carboxylic acids is 1. The van der Waals surface area contributed by atoms with Crippen LogP contribution >= 0.6 is 23.2 Å². The Hall–Kier alpha value is -2.57. The fraction of sp³-hybridized carbons (Fsp3) is 0.211. The highest BCUT2D eigenvalue weighted by molar-refractivity contribution is 6.31. The van der Waals surface area contributed by atoms with Crippen LogP contribution in [0.2, 0.25) is 10.0 Å². The van der Waals surface area contributed by atoms with Crippen LogP contribution in [0.4, 0.5) is 5.69 Å². The van der Waals surface area contributed by atoms with Crippen LogP contribution in [-0.2, 0) is 4.79 Å². The van der Waals surface area contributed by atoms with E-state index in [4.69, 9.17) is 32.5 Å². The van der Waals surface area contributed by atoms with E-state index in [0.29, 0.717) is 39.7 Å². The summed E-state index contributed by atoms with van der Waals surface area (Å²) in [4.78, 5) is 18.7. The Morgan fingerprint density at radius 2 is 1.89 bits per heavy atom. The second-order valence-electron chi connectivity index (χ2n) is 6.18. The normalized spacial score (nSPS) is 16.8. The lowest BCUT2D eigenvalue weighted by atomic mass is 10.1. The Balaban J connectivity index is 1.58. The molecule has 0 saturated carbocycles. The van der Waals surface area contributed by atoms with Crippen LogP contribution in [0.5, 0.6) is 5.75 Å². The van der Waals surface area contributed by atoms with Gasteiger partial charge in [-0.2, -0.15) is 4.98 Å². The van der Waals surface area contributed by atoms with Crippen LogP contribution in [0.15, 0.2) is 47.0 Å². The molecule has 0 bridgehead atoms. The Labute approximate surface area is 165 Å². The zero-order chi connectivity index (χ0) is 19.0. The van der Waals surface area contributed by atoms with E-state index in [0.717, 1.165) is 5.56 Å². The number of carbonyl (C=O) groups is 1. The number of nitrogens with zero attached hydrogens (tertiary/aromatic N) is 3. The third-order valence-corrected chi connectivity index (χ3v) is 4.94. The number of methoxy groups -OCH3 is 1. The number of benzene rings is 2. The highest BCUT2D eigenvalue weighted by atomic mass is 35.5. The Kier molecular flexibility index (Phi) is 4.76. The summed E-state index contributed by atoms with van der Waals surface area (Å²) in [7, 11) is 1.56. The summed E-state index contributed by atoms with van der Waals surface area (Å²) in [5.41, 5.74) is 1.43. The molecular weight excluding hydrogens is 389 g/mol. The first kappa shape index (κ1) is 17.8. The van der Waals surface area contributed by atoms with E-state index in [2.05, 4.69) is 10.1 Å². The molecule has 0 radical (unpaired) electrons. The van der Waals surface area contributed by atoms with E-state index in [1.807, 2.05) is 12.1 Å². The zero-order valence-electron chi connectivity index (χ0n) is 14.4. The van der Waals surface area contributed by atoms with Crippen LogP contribution in [-0.4, -0.2) is 29.7 Å². The van der Waals surface area contributed by atoms with Gasteiger partial charge in [0.1, 0.15) is 5.75 Å². The summed E-state index contributed by atoms with van der Waals surface area (Å²) in [6.07, 6.45) is 0.276. The second-order valence-corrected chi connectivity index (χ2v) is 7.06. The molecule has 0 N–H and O–H groups in total. The maximum absolute atomic E-state index is 12.6. The highest BCUT2D eigenvalue weighted by Gasteiger charge is 2.36. The third kappa shape index (κ3) is 3.50. The van der Waals surface area contributed by atoms with Crippen molar-refractivity contribution in [3.63, 3.8) is 0 Å². The van der Waals surface area contributed by atoms with Gasteiger partial charge in [0.15, 0.2) is 0 Å². The summed E-state index contributed by atoms with van der Waals surface area (Å²) in [5, 5.41) is 5.19. The molecule has 1 saturated heterocycles. The van der Waals surface area contributed by atoms with Gasteiger partial charge in [-0.3, -0.25) is 4.79 Å². The molecule has 1 aliphatic heterocycles. The fourth-order valence-corrected chi connectivity index (χ4v) is 3.39. The summed E-state index contributed by atoms with van der Waals surface area (Å²) in [6, 6.07) is 12.3. The Morgan fingerprint density at radius 1 is 1.15 bits per heavy atom. The van der Waals surface area contributed by atoms with E-state index in [9.17, 15) is 4.79 Å². The van der Waals surface area contributed by atoms with E-state index in [-0.39, 0.29) is 18.2 Å². The zero-order valence-corrected chi connectivity index (χ0v) is 15.9. The molecular formula is C19H15Cl2N3O3. The molecule has 1 unspecified atom stereocenters. The van der Waals surface area contributed by atoms with Gasteiger partial charge in [0.2, 0.25) is 17.6 Å². The van der Waals surface area contributed by atoms with Crippen molar-refractivity contribution in [1.82, 2.24) is 10.1 Å². The smallest absolute Gasteiger partial charge is 0.232 e. The summed E-state index contributed by atoms with van der Waals surface area (Å²) in [6.45, 7) is 0.414. The predicted octanol–water partition coefficient (Wildman–Crippen LogP) is 4.57. The summed E-state index contributed by atoms with van der Waals surface area (Å²) < 4.78 is 10.8. The largest absolute Gasteiger partial charge is 0.495 e. The van der Waals surface area contributed by atoms with Gasteiger partial charge < -0.3 is 14.2 Å². The average molecular weight is 404 g/mol. The number of halogens is 2. The molecule has 2 aromatic carbocycles.